The van der Waals surface area contributed by atoms with Gasteiger partial charge >= 0.3 is 5.97 Å². The molecular weight excluding hydrogens is 244 g/mol. The van der Waals surface area contributed by atoms with Crippen molar-refractivity contribution in [1.29, 1.82) is 0 Å². The summed E-state index contributed by atoms with van der Waals surface area (Å²) in [6.45, 7) is 0.805. The summed E-state index contributed by atoms with van der Waals surface area (Å²) in [7, 11) is 0. The van der Waals surface area contributed by atoms with Crippen LogP contribution in [0.1, 0.15) is 35.0 Å². The smallest absolute Gasteiger partial charge is 0.335 e. The van der Waals surface area contributed by atoms with Crippen molar-refractivity contribution in [2.75, 3.05) is 0 Å². The Hall–Kier alpha value is -2.14. The lowest BCUT2D eigenvalue weighted by Gasteiger charge is -2.21. The van der Waals surface area contributed by atoms with Gasteiger partial charge in [0.2, 0.25) is 0 Å². The molecule has 0 saturated carbocycles. The second-order valence-corrected chi connectivity index (χ2v) is 4.70. The molecule has 0 fully saturated rings. The van der Waals surface area contributed by atoms with Gasteiger partial charge < -0.3 is 14.8 Å². The van der Waals surface area contributed by atoms with Crippen LogP contribution >= 0.6 is 0 Å². The van der Waals surface area contributed by atoms with Crippen LogP contribution in [0.3, 0.4) is 0 Å². The molecule has 98 valence electrons. The van der Waals surface area contributed by atoms with Crippen molar-refractivity contribution in [2.24, 2.45) is 0 Å². The van der Waals surface area contributed by atoms with Gasteiger partial charge in [0.15, 0.2) is 0 Å². The average molecular weight is 258 g/mol. The minimum absolute atomic E-state index is 0.242. The Balaban J connectivity index is 2.08. The number of aromatic carboxylic acids is 1. The number of aliphatic hydroxyl groups excluding tert-OH is 1. The number of fused-ring (bicyclic) bond motifs is 1. The van der Waals surface area contributed by atoms with E-state index in [2.05, 4.69) is 4.98 Å². The second-order valence-electron chi connectivity index (χ2n) is 4.70. The summed E-state index contributed by atoms with van der Waals surface area (Å²) in [5, 5.41) is 18.9. The van der Waals surface area contributed by atoms with Crippen LogP contribution in [0.2, 0.25) is 0 Å². The van der Waals surface area contributed by atoms with Crippen LogP contribution in [0, 0.1) is 0 Å². The number of carbonyl (C=O) groups is 1. The monoisotopic (exact) mass is 258 g/mol. The van der Waals surface area contributed by atoms with Crippen molar-refractivity contribution < 1.29 is 15.0 Å². The van der Waals surface area contributed by atoms with E-state index in [1.165, 1.54) is 0 Å². The summed E-state index contributed by atoms with van der Waals surface area (Å²) < 4.78 is 1.97. The Labute approximate surface area is 110 Å². The summed E-state index contributed by atoms with van der Waals surface area (Å²) in [5.74, 6) is -0.232. The molecule has 19 heavy (non-hydrogen) atoms. The highest BCUT2D eigenvalue weighted by Crippen LogP contribution is 2.30. The van der Waals surface area contributed by atoms with Gasteiger partial charge in [-0.2, -0.15) is 0 Å². The van der Waals surface area contributed by atoms with Crippen LogP contribution in [-0.4, -0.2) is 25.7 Å². The summed E-state index contributed by atoms with van der Waals surface area (Å²) in [4.78, 5) is 15.3. The number of aliphatic hydroxyl groups is 1. The predicted molar refractivity (Wildman–Crippen MR) is 68.8 cm³/mol. The number of aromatic nitrogens is 2. The summed E-state index contributed by atoms with van der Waals surface area (Å²) in [6, 6.07) is 6.71. The van der Waals surface area contributed by atoms with Crippen LogP contribution in [-0.2, 0) is 6.54 Å². The minimum atomic E-state index is -0.952. The van der Waals surface area contributed by atoms with E-state index < -0.39 is 12.1 Å². The molecule has 0 amide bonds. The molecule has 1 aliphatic rings. The van der Waals surface area contributed by atoms with Gasteiger partial charge in [-0.05, 0) is 25.0 Å². The minimum Gasteiger partial charge on any atom is -0.478 e. The van der Waals surface area contributed by atoms with Crippen LogP contribution in [0.15, 0.2) is 30.5 Å². The Morgan fingerprint density at radius 1 is 1.42 bits per heavy atom. The van der Waals surface area contributed by atoms with Gasteiger partial charge in [0.25, 0.3) is 0 Å². The highest BCUT2D eigenvalue weighted by atomic mass is 16.4. The van der Waals surface area contributed by atoms with Gasteiger partial charge in [0, 0.05) is 12.1 Å². The van der Waals surface area contributed by atoms with Gasteiger partial charge in [-0.15, -0.1) is 0 Å². The summed E-state index contributed by atoms with van der Waals surface area (Å²) in [5.41, 5.74) is 1.81. The zero-order chi connectivity index (χ0) is 13.4. The van der Waals surface area contributed by atoms with E-state index in [1.54, 1.807) is 24.4 Å². The van der Waals surface area contributed by atoms with Gasteiger partial charge in [0.1, 0.15) is 5.82 Å². The highest BCUT2D eigenvalue weighted by molar-refractivity contribution is 5.89. The van der Waals surface area contributed by atoms with Crippen molar-refractivity contribution in [3.05, 3.63) is 41.7 Å². The van der Waals surface area contributed by atoms with Gasteiger partial charge in [-0.1, -0.05) is 12.1 Å². The number of hydrogen-bond acceptors (Lipinski definition) is 3. The number of carboxylic acid groups (broad SMARTS) is 1. The van der Waals surface area contributed by atoms with Crippen LogP contribution in [0.25, 0.3) is 11.4 Å². The van der Waals surface area contributed by atoms with E-state index in [1.807, 2.05) is 10.6 Å². The third-order valence-electron chi connectivity index (χ3n) is 3.45. The lowest BCUT2D eigenvalue weighted by molar-refractivity contribution is 0.0697. The average Bonchev–Trinajstić information content (AvgIpc) is 2.84. The maximum absolute atomic E-state index is 11.0. The third kappa shape index (κ3) is 2.02. The first kappa shape index (κ1) is 11.9. The number of carboxylic acids is 1. The standard InChI is InChI=1S/C14H14N2O3/c17-12-5-2-6-16-11(12)8-15-13(16)9-3-1-4-10(7-9)14(18)19/h1,3-4,7-8,12,17H,2,5-6H2,(H,18,19). The molecule has 2 N–H and O–H groups in total. The normalized spacial score (nSPS) is 18.1. The van der Waals surface area contributed by atoms with Crippen molar-refractivity contribution in [3.63, 3.8) is 0 Å². The molecule has 0 radical (unpaired) electrons. The molecule has 2 heterocycles. The summed E-state index contributed by atoms with van der Waals surface area (Å²) in [6.07, 6.45) is 2.85. The topological polar surface area (TPSA) is 75.3 Å². The molecule has 3 rings (SSSR count). The Morgan fingerprint density at radius 3 is 3.05 bits per heavy atom. The number of hydrogen-bond donors (Lipinski definition) is 2. The van der Waals surface area contributed by atoms with E-state index in [0.717, 1.165) is 36.5 Å². The SMILES string of the molecule is O=C(O)c1cccc(-c2ncc3n2CCCC3O)c1. The number of benzene rings is 1. The zero-order valence-electron chi connectivity index (χ0n) is 10.3. The molecule has 2 aromatic rings. The fraction of sp³-hybridized carbons (Fsp3) is 0.286. The van der Waals surface area contributed by atoms with E-state index in [0.29, 0.717) is 0 Å². The molecule has 1 aromatic heterocycles. The van der Waals surface area contributed by atoms with Gasteiger partial charge in [-0.3, -0.25) is 0 Å². The van der Waals surface area contributed by atoms with Crippen molar-refractivity contribution >= 4 is 5.97 Å². The predicted octanol–water partition coefficient (Wildman–Crippen LogP) is 2.08. The molecule has 1 atom stereocenters. The molecule has 0 saturated heterocycles. The van der Waals surface area contributed by atoms with E-state index >= 15 is 0 Å². The summed E-state index contributed by atoms with van der Waals surface area (Å²) >= 11 is 0. The molecule has 1 aliphatic heterocycles. The van der Waals surface area contributed by atoms with E-state index in [4.69, 9.17) is 5.11 Å². The molecule has 5 nitrogen and oxygen atoms in total. The lowest BCUT2D eigenvalue weighted by atomic mass is 10.1. The second kappa shape index (κ2) is 4.51. The van der Waals surface area contributed by atoms with Crippen LogP contribution < -0.4 is 0 Å². The first-order chi connectivity index (χ1) is 9.16. The Kier molecular flexibility index (Phi) is 2.83. The first-order valence-electron chi connectivity index (χ1n) is 6.24. The Morgan fingerprint density at radius 2 is 2.26 bits per heavy atom. The van der Waals surface area contributed by atoms with Crippen LogP contribution in [0.4, 0.5) is 0 Å². The molecular formula is C14H14N2O3. The maximum Gasteiger partial charge on any atom is 0.335 e. The fourth-order valence-corrected chi connectivity index (χ4v) is 2.50. The van der Waals surface area contributed by atoms with E-state index in [9.17, 15) is 9.90 Å². The molecule has 1 aromatic carbocycles. The van der Waals surface area contributed by atoms with Crippen LogP contribution in [0.5, 0.6) is 0 Å². The first-order valence-corrected chi connectivity index (χ1v) is 6.24. The number of nitrogens with zero attached hydrogens (tertiary/aromatic N) is 2. The quantitative estimate of drug-likeness (QED) is 0.864. The zero-order valence-corrected chi connectivity index (χ0v) is 10.3. The fourth-order valence-electron chi connectivity index (χ4n) is 2.50. The van der Waals surface area contributed by atoms with Crippen molar-refractivity contribution in [1.82, 2.24) is 9.55 Å². The van der Waals surface area contributed by atoms with Gasteiger partial charge in [0.05, 0.1) is 23.6 Å². The lowest BCUT2D eigenvalue weighted by Crippen LogP contribution is -2.15. The Bertz CT molecular complexity index is 633. The van der Waals surface area contributed by atoms with Crippen molar-refractivity contribution in [3.8, 4) is 11.4 Å². The number of rotatable bonds is 2. The maximum atomic E-state index is 11.0. The highest BCUT2D eigenvalue weighted by Gasteiger charge is 2.22. The molecule has 0 bridgehead atoms. The number of imidazole rings is 1. The van der Waals surface area contributed by atoms with Gasteiger partial charge in [-0.25, -0.2) is 9.78 Å². The molecule has 0 spiro atoms. The molecule has 0 aliphatic carbocycles. The third-order valence-corrected chi connectivity index (χ3v) is 3.45. The molecule has 1 unspecified atom stereocenters. The molecule has 5 heteroatoms. The largest absolute Gasteiger partial charge is 0.478 e. The van der Waals surface area contributed by atoms with E-state index in [-0.39, 0.29) is 5.56 Å². The van der Waals surface area contributed by atoms with Crippen molar-refractivity contribution in [2.45, 2.75) is 25.5 Å².